The summed E-state index contributed by atoms with van der Waals surface area (Å²) in [6.45, 7) is 0. The van der Waals surface area contributed by atoms with Crippen LogP contribution >= 0.6 is 22.7 Å². The Balaban J connectivity index is 1.27. The molecule has 0 N–H and O–H groups in total. The molecule has 198 valence electrons. The fourth-order valence-corrected chi connectivity index (χ4v) is 7.76. The van der Waals surface area contributed by atoms with E-state index >= 15 is 0 Å². The Kier molecular flexibility index (Phi) is 5.85. The van der Waals surface area contributed by atoms with E-state index in [0.29, 0.717) is 10.8 Å². The molecule has 0 atom stereocenters. The van der Waals surface area contributed by atoms with Gasteiger partial charge in [0, 0.05) is 40.3 Å². The highest BCUT2D eigenvalue weighted by molar-refractivity contribution is 7.25. The Morgan fingerprint density at radius 2 is 0.595 bits per heavy atom. The van der Waals surface area contributed by atoms with Crippen molar-refractivity contribution in [3.63, 3.8) is 0 Å². The van der Waals surface area contributed by atoms with Crippen molar-refractivity contribution in [2.24, 2.45) is 0 Å². The van der Waals surface area contributed by atoms with Crippen molar-refractivity contribution in [3.8, 4) is 33.4 Å². The lowest BCUT2D eigenvalue weighted by Gasteiger charge is -2.09. The van der Waals surface area contributed by atoms with Crippen LogP contribution < -0.4 is 10.9 Å². The van der Waals surface area contributed by atoms with E-state index in [4.69, 9.17) is 0 Å². The van der Waals surface area contributed by atoms with Crippen molar-refractivity contribution >= 4 is 63.0 Å². The molecule has 8 rings (SSSR count). The van der Waals surface area contributed by atoms with Crippen molar-refractivity contribution in [1.29, 1.82) is 0 Å². The topological polar surface area (TPSA) is 34.1 Å². The Morgan fingerprint density at radius 3 is 0.905 bits per heavy atom. The van der Waals surface area contributed by atoms with Gasteiger partial charge in [0.15, 0.2) is 10.9 Å². The van der Waals surface area contributed by atoms with Gasteiger partial charge in [-0.25, -0.2) is 0 Å². The lowest BCUT2D eigenvalue weighted by atomic mass is 10.0. The van der Waals surface area contributed by atoms with Crippen molar-refractivity contribution in [2.45, 2.75) is 0 Å². The molecular formula is C38H22O2S2. The first-order valence-electron chi connectivity index (χ1n) is 13.7. The molecule has 0 spiro atoms. The van der Waals surface area contributed by atoms with Crippen LogP contribution in [0, 0.1) is 0 Å². The number of fused-ring (bicyclic) bond motifs is 4. The van der Waals surface area contributed by atoms with Gasteiger partial charge >= 0.3 is 0 Å². The molecule has 0 unspecified atom stereocenters. The number of hydrogen-bond acceptors (Lipinski definition) is 4. The molecule has 0 aliphatic heterocycles. The SMILES string of the molecule is O=c1c2cc(-c3ccccc3)ccc2sc2ccc(-c3ccc4sc5ccc(-c6ccccc6)cc5c(=O)c4c3)cc12. The molecule has 0 aliphatic rings. The second-order valence-electron chi connectivity index (χ2n) is 10.4. The number of benzene rings is 6. The minimum absolute atomic E-state index is 0.0327. The fraction of sp³-hybridized carbons (Fsp3) is 0. The fourth-order valence-electron chi connectivity index (χ4n) is 5.69. The van der Waals surface area contributed by atoms with Gasteiger partial charge in [-0.3, -0.25) is 9.59 Å². The summed E-state index contributed by atoms with van der Waals surface area (Å²) in [5.41, 5.74) is 6.16. The molecule has 2 aromatic heterocycles. The van der Waals surface area contributed by atoms with Crippen LogP contribution in [-0.2, 0) is 0 Å². The van der Waals surface area contributed by atoms with Crippen molar-refractivity contribution < 1.29 is 0 Å². The van der Waals surface area contributed by atoms with Gasteiger partial charge in [-0.2, -0.15) is 0 Å². The predicted octanol–water partition coefficient (Wildman–Crippen LogP) is 10.1. The molecule has 6 aromatic carbocycles. The Hall–Kier alpha value is -4.90. The van der Waals surface area contributed by atoms with Crippen LogP contribution in [0.5, 0.6) is 0 Å². The summed E-state index contributed by atoms with van der Waals surface area (Å²) < 4.78 is 3.86. The smallest absolute Gasteiger partial charge is 0.195 e. The molecule has 0 amide bonds. The van der Waals surface area contributed by atoms with Crippen molar-refractivity contribution in [1.82, 2.24) is 0 Å². The first-order valence-corrected chi connectivity index (χ1v) is 15.4. The summed E-state index contributed by atoms with van der Waals surface area (Å²) in [5.74, 6) is 0. The second-order valence-corrected chi connectivity index (χ2v) is 12.6. The van der Waals surface area contributed by atoms with E-state index < -0.39 is 0 Å². The Bertz CT molecular complexity index is 2270. The molecule has 8 aromatic rings. The summed E-state index contributed by atoms with van der Waals surface area (Å²) in [6.07, 6.45) is 0. The molecule has 2 nitrogen and oxygen atoms in total. The highest BCUT2D eigenvalue weighted by Gasteiger charge is 2.12. The molecule has 0 saturated heterocycles. The average molecular weight is 575 g/mol. The third-order valence-electron chi connectivity index (χ3n) is 7.88. The van der Waals surface area contributed by atoms with E-state index in [-0.39, 0.29) is 10.9 Å². The third kappa shape index (κ3) is 4.16. The van der Waals surface area contributed by atoms with Crippen LogP contribution in [0.2, 0.25) is 0 Å². The zero-order chi connectivity index (χ0) is 28.2. The summed E-state index contributed by atoms with van der Waals surface area (Å²) in [4.78, 5) is 27.6. The maximum Gasteiger partial charge on any atom is 0.195 e. The molecule has 4 heteroatoms. The summed E-state index contributed by atoms with van der Waals surface area (Å²) in [6, 6.07) is 44.6. The first-order chi connectivity index (χ1) is 20.6. The monoisotopic (exact) mass is 574 g/mol. The van der Waals surface area contributed by atoms with E-state index in [9.17, 15) is 9.59 Å². The van der Waals surface area contributed by atoms with Crippen LogP contribution in [0.1, 0.15) is 0 Å². The molecule has 42 heavy (non-hydrogen) atoms. The van der Waals surface area contributed by atoms with E-state index in [1.807, 2.05) is 97.1 Å². The van der Waals surface area contributed by atoms with Crippen LogP contribution in [-0.4, -0.2) is 0 Å². The minimum atomic E-state index is 0.0327. The molecule has 0 radical (unpaired) electrons. The molecule has 0 bridgehead atoms. The van der Waals surface area contributed by atoms with Gasteiger partial charge in [0.05, 0.1) is 0 Å². The van der Waals surface area contributed by atoms with Crippen molar-refractivity contribution in [2.75, 3.05) is 0 Å². The van der Waals surface area contributed by atoms with Gasteiger partial charge in [-0.1, -0.05) is 84.9 Å². The highest BCUT2D eigenvalue weighted by Crippen LogP contribution is 2.34. The van der Waals surface area contributed by atoms with Gasteiger partial charge in [0.25, 0.3) is 0 Å². The van der Waals surface area contributed by atoms with Gasteiger partial charge in [0.2, 0.25) is 0 Å². The zero-order valence-electron chi connectivity index (χ0n) is 22.3. The van der Waals surface area contributed by atoms with Gasteiger partial charge in [-0.15, -0.1) is 22.7 Å². The standard InChI is InChI=1S/C38H22O2S2/c39-37-29-19-25(23-7-3-1-4-8-23)11-15-33(29)41-35-17-13-27(21-31(35)37)28-14-18-36-32(22-28)38(40)30-20-26(12-16-34(30)42-36)24-9-5-2-6-10-24/h1-22H. The average Bonchev–Trinajstić information content (AvgIpc) is 3.05. The van der Waals surface area contributed by atoms with Gasteiger partial charge < -0.3 is 0 Å². The van der Waals surface area contributed by atoms with E-state index in [1.54, 1.807) is 22.7 Å². The van der Waals surface area contributed by atoms with Gasteiger partial charge in [-0.05, 0) is 81.9 Å². The lowest BCUT2D eigenvalue weighted by molar-refractivity contribution is 1.64. The highest BCUT2D eigenvalue weighted by atomic mass is 32.1. The quantitative estimate of drug-likeness (QED) is 0.197. The molecule has 2 heterocycles. The molecular weight excluding hydrogens is 553 g/mol. The summed E-state index contributed by atoms with van der Waals surface area (Å²) in [7, 11) is 0. The van der Waals surface area contributed by atoms with Crippen LogP contribution in [0.15, 0.2) is 143 Å². The van der Waals surface area contributed by atoms with E-state index in [2.05, 4.69) is 36.4 Å². The van der Waals surface area contributed by atoms with Crippen LogP contribution in [0.4, 0.5) is 0 Å². The predicted molar refractivity (Wildman–Crippen MR) is 181 cm³/mol. The number of rotatable bonds is 3. The normalized spacial score (nSPS) is 11.5. The zero-order valence-corrected chi connectivity index (χ0v) is 24.0. The van der Waals surface area contributed by atoms with Crippen LogP contribution in [0.25, 0.3) is 73.7 Å². The van der Waals surface area contributed by atoms with E-state index in [0.717, 1.165) is 63.0 Å². The Morgan fingerprint density at radius 1 is 0.310 bits per heavy atom. The summed E-state index contributed by atoms with van der Waals surface area (Å²) >= 11 is 3.26. The first kappa shape index (κ1) is 24.9. The third-order valence-corrected chi connectivity index (χ3v) is 10.2. The van der Waals surface area contributed by atoms with Gasteiger partial charge in [0.1, 0.15) is 0 Å². The molecule has 0 fully saturated rings. The van der Waals surface area contributed by atoms with Crippen molar-refractivity contribution in [3.05, 3.63) is 154 Å². The molecule has 0 aliphatic carbocycles. The van der Waals surface area contributed by atoms with Crippen LogP contribution in [0.3, 0.4) is 0 Å². The number of hydrogen-bond donors (Lipinski definition) is 0. The second kappa shape index (κ2) is 9.88. The minimum Gasteiger partial charge on any atom is -0.289 e. The maximum atomic E-state index is 13.8. The Labute approximate surface area is 249 Å². The largest absolute Gasteiger partial charge is 0.289 e. The summed E-state index contributed by atoms with van der Waals surface area (Å²) in [5, 5.41) is 2.86. The molecule has 0 saturated carbocycles. The lowest BCUT2D eigenvalue weighted by Crippen LogP contribution is -2.02. The maximum absolute atomic E-state index is 13.8. The van der Waals surface area contributed by atoms with E-state index in [1.165, 1.54) is 0 Å².